The van der Waals surface area contributed by atoms with E-state index >= 15 is 0 Å². The Hall–Kier alpha value is -2.04. The molecule has 5 nitrogen and oxygen atoms in total. The van der Waals surface area contributed by atoms with E-state index in [0.717, 1.165) is 0 Å². The van der Waals surface area contributed by atoms with Crippen molar-refractivity contribution in [1.82, 2.24) is 0 Å². The molecule has 19 heavy (non-hydrogen) atoms. The average Bonchev–Trinajstić information content (AvgIpc) is 3.14. The van der Waals surface area contributed by atoms with Gasteiger partial charge >= 0.3 is 5.97 Å². The molecule has 0 bridgehead atoms. The van der Waals surface area contributed by atoms with Crippen LogP contribution >= 0.6 is 0 Å². The fourth-order valence-electron chi connectivity index (χ4n) is 2.25. The second-order valence-corrected chi connectivity index (χ2v) is 5.14. The van der Waals surface area contributed by atoms with E-state index in [4.69, 9.17) is 5.73 Å². The van der Waals surface area contributed by atoms with E-state index in [-0.39, 0.29) is 17.2 Å². The molecule has 1 unspecified atom stereocenters. The Morgan fingerprint density at radius 2 is 1.95 bits per heavy atom. The summed E-state index contributed by atoms with van der Waals surface area (Å²) in [6, 6.07) is 3.46. The predicted molar refractivity (Wildman–Crippen MR) is 72.5 cm³/mol. The number of carboxylic acids is 1. The van der Waals surface area contributed by atoms with Gasteiger partial charge in [-0.1, -0.05) is 0 Å². The summed E-state index contributed by atoms with van der Waals surface area (Å²) in [6.45, 7) is 3.65. The Labute approximate surface area is 111 Å². The SMILES string of the molecule is Cc1c(C(N)=O)cc(NC(C)C2CC2)cc1C(=O)O. The van der Waals surface area contributed by atoms with Crippen LogP contribution in [-0.4, -0.2) is 23.0 Å². The summed E-state index contributed by atoms with van der Waals surface area (Å²) in [5, 5.41) is 12.4. The molecule has 1 aliphatic carbocycles. The molecule has 1 fully saturated rings. The van der Waals surface area contributed by atoms with Crippen molar-refractivity contribution >= 4 is 17.6 Å². The number of nitrogens with two attached hydrogens (primary N) is 1. The van der Waals surface area contributed by atoms with Gasteiger partial charge in [0.15, 0.2) is 0 Å². The number of rotatable bonds is 5. The van der Waals surface area contributed by atoms with Crippen molar-refractivity contribution in [2.45, 2.75) is 32.7 Å². The molecule has 5 heteroatoms. The van der Waals surface area contributed by atoms with E-state index in [0.29, 0.717) is 17.2 Å². The lowest BCUT2D eigenvalue weighted by Crippen LogP contribution is -2.20. The smallest absolute Gasteiger partial charge is 0.336 e. The van der Waals surface area contributed by atoms with Crippen LogP contribution in [0.15, 0.2) is 12.1 Å². The fraction of sp³-hybridized carbons (Fsp3) is 0.429. The highest BCUT2D eigenvalue weighted by molar-refractivity contribution is 6.00. The Morgan fingerprint density at radius 3 is 2.42 bits per heavy atom. The number of anilines is 1. The first-order valence-corrected chi connectivity index (χ1v) is 6.34. The van der Waals surface area contributed by atoms with E-state index in [2.05, 4.69) is 12.2 Å². The van der Waals surface area contributed by atoms with Crippen LogP contribution in [0.5, 0.6) is 0 Å². The standard InChI is InChI=1S/C14H18N2O3/c1-7-11(13(15)17)5-10(6-12(7)14(18)19)16-8(2)9-3-4-9/h5-6,8-9,16H,3-4H2,1-2H3,(H2,15,17)(H,18,19). The molecule has 1 aliphatic rings. The van der Waals surface area contributed by atoms with Gasteiger partial charge in [-0.25, -0.2) is 4.79 Å². The van der Waals surface area contributed by atoms with E-state index in [1.54, 1.807) is 19.1 Å². The Kier molecular flexibility index (Phi) is 3.46. The van der Waals surface area contributed by atoms with E-state index in [1.165, 1.54) is 12.8 Å². The minimum atomic E-state index is -1.05. The summed E-state index contributed by atoms with van der Waals surface area (Å²) in [6.07, 6.45) is 2.38. The highest BCUT2D eigenvalue weighted by Crippen LogP contribution is 2.34. The number of carbonyl (C=O) groups is 2. The van der Waals surface area contributed by atoms with Gasteiger partial charge in [-0.3, -0.25) is 4.79 Å². The van der Waals surface area contributed by atoms with Crippen molar-refractivity contribution in [1.29, 1.82) is 0 Å². The molecule has 2 rings (SSSR count). The molecule has 0 heterocycles. The van der Waals surface area contributed by atoms with Crippen LogP contribution in [0.2, 0.25) is 0 Å². The van der Waals surface area contributed by atoms with Crippen LogP contribution in [0.3, 0.4) is 0 Å². The average molecular weight is 262 g/mol. The van der Waals surface area contributed by atoms with Gasteiger partial charge in [-0.05, 0) is 50.3 Å². The predicted octanol–water partition coefficient (Wildman–Crippen LogP) is 2.00. The molecule has 0 aromatic heterocycles. The lowest BCUT2D eigenvalue weighted by molar-refractivity contribution is 0.0696. The Bertz CT molecular complexity index is 500. The second kappa shape index (κ2) is 4.91. The van der Waals surface area contributed by atoms with Crippen molar-refractivity contribution in [3.63, 3.8) is 0 Å². The van der Waals surface area contributed by atoms with Crippen molar-refractivity contribution in [2.24, 2.45) is 11.7 Å². The van der Waals surface area contributed by atoms with Crippen molar-refractivity contribution in [3.05, 3.63) is 28.8 Å². The summed E-state index contributed by atoms with van der Waals surface area (Å²) < 4.78 is 0. The topological polar surface area (TPSA) is 92.4 Å². The van der Waals surface area contributed by atoms with Crippen LogP contribution in [0.25, 0.3) is 0 Å². The maximum atomic E-state index is 11.4. The molecule has 0 spiro atoms. The molecule has 1 atom stereocenters. The third-order valence-electron chi connectivity index (χ3n) is 3.63. The molecule has 0 radical (unpaired) electrons. The molecule has 0 aliphatic heterocycles. The van der Waals surface area contributed by atoms with Gasteiger partial charge in [0.25, 0.3) is 0 Å². The third-order valence-corrected chi connectivity index (χ3v) is 3.63. The molecule has 1 aromatic carbocycles. The van der Waals surface area contributed by atoms with Gasteiger partial charge in [0.1, 0.15) is 0 Å². The van der Waals surface area contributed by atoms with Gasteiger partial charge in [-0.15, -0.1) is 0 Å². The molecule has 1 amide bonds. The number of hydrogen-bond acceptors (Lipinski definition) is 3. The molecular weight excluding hydrogens is 244 g/mol. The van der Waals surface area contributed by atoms with Crippen LogP contribution in [0.1, 0.15) is 46.0 Å². The fourth-order valence-corrected chi connectivity index (χ4v) is 2.25. The Balaban J connectivity index is 2.37. The number of aromatic carboxylic acids is 1. The van der Waals surface area contributed by atoms with Crippen LogP contribution in [-0.2, 0) is 0 Å². The highest BCUT2D eigenvalue weighted by atomic mass is 16.4. The number of benzene rings is 1. The first-order chi connectivity index (χ1) is 8.90. The first kappa shape index (κ1) is 13.4. The monoisotopic (exact) mass is 262 g/mol. The van der Waals surface area contributed by atoms with Crippen LogP contribution in [0.4, 0.5) is 5.69 Å². The third kappa shape index (κ3) is 2.86. The summed E-state index contributed by atoms with van der Waals surface area (Å²) in [4.78, 5) is 22.6. The highest BCUT2D eigenvalue weighted by Gasteiger charge is 2.28. The van der Waals surface area contributed by atoms with Gasteiger partial charge in [0.2, 0.25) is 5.91 Å². The van der Waals surface area contributed by atoms with Gasteiger partial charge in [-0.2, -0.15) is 0 Å². The van der Waals surface area contributed by atoms with Gasteiger partial charge < -0.3 is 16.2 Å². The van der Waals surface area contributed by atoms with Crippen molar-refractivity contribution in [2.75, 3.05) is 5.32 Å². The lowest BCUT2D eigenvalue weighted by atomic mass is 10.00. The molecule has 4 N–H and O–H groups in total. The van der Waals surface area contributed by atoms with E-state index in [1.807, 2.05) is 0 Å². The molecule has 0 saturated heterocycles. The number of carboxylic acid groups (broad SMARTS) is 1. The zero-order valence-electron chi connectivity index (χ0n) is 11.1. The van der Waals surface area contributed by atoms with E-state index in [9.17, 15) is 14.7 Å². The maximum absolute atomic E-state index is 11.4. The first-order valence-electron chi connectivity index (χ1n) is 6.34. The number of hydrogen-bond donors (Lipinski definition) is 3. The summed E-state index contributed by atoms with van der Waals surface area (Å²) in [7, 11) is 0. The largest absolute Gasteiger partial charge is 0.478 e. The van der Waals surface area contributed by atoms with Gasteiger partial charge in [0.05, 0.1) is 5.56 Å². The number of amides is 1. The van der Waals surface area contributed by atoms with E-state index < -0.39 is 11.9 Å². The normalized spacial score (nSPS) is 15.9. The summed E-state index contributed by atoms with van der Waals surface area (Å²) >= 11 is 0. The second-order valence-electron chi connectivity index (χ2n) is 5.14. The van der Waals surface area contributed by atoms with Crippen molar-refractivity contribution in [3.8, 4) is 0 Å². The zero-order valence-corrected chi connectivity index (χ0v) is 11.1. The Morgan fingerprint density at radius 1 is 1.37 bits per heavy atom. The molecular formula is C14H18N2O3. The van der Waals surface area contributed by atoms with Crippen molar-refractivity contribution < 1.29 is 14.7 Å². The zero-order chi connectivity index (χ0) is 14.2. The number of carbonyl (C=O) groups excluding carboxylic acids is 1. The van der Waals surface area contributed by atoms with Gasteiger partial charge in [0, 0.05) is 17.3 Å². The number of nitrogens with one attached hydrogen (secondary N) is 1. The molecule has 1 aromatic rings. The molecule has 102 valence electrons. The summed E-state index contributed by atoms with van der Waals surface area (Å²) in [5.74, 6) is -1.03. The quantitative estimate of drug-likeness (QED) is 0.756. The van der Waals surface area contributed by atoms with Crippen LogP contribution in [0, 0.1) is 12.8 Å². The molecule has 1 saturated carbocycles. The summed E-state index contributed by atoms with van der Waals surface area (Å²) in [5.41, 5.74) is 6.71. The maximum Gasteiger partial charge on any atom is 0.336 e. The minimum Gasteiger partial charge on any atom is -0.478 e. The van der Waals surface area contributed by atoms with Crippen LogP contribution < -0.4 is 11.1 Å². The minimum absolute atomic E-state index is 0.113. The lowest BCUT2D eigenvalue weighted by Gasteiger charge is -2.17. The number of primary amides is 1.